The smallest absolute Gasteiger partial charge is 0.287 e. The van der Waals surface area contributed by atoms with Gasteiger partial charge in [0, 0.05) is 18.5 Å². The molecule has 0 spiro atoms. The van der Waals surface area contributed by atoms with Crippen LogP contribution in [0.1, 0.15) is 37.9 Å². The van der Waals surface area contributed by atoms with E-state index in [2.05, 4.69) is 20.6 Å². The van der Waals surface area contributed by atoms with E-state index < -0.39 is 19.1 Å². The van der Waals surface area contributed by atoms with Crippen LogP contribution in [0.15, 0.2) is 6.07 Å². The first-order valence-corrected chi connectivity index (χ1v) is 6.89. The first-order valence-electron chi connectivity index (χ1n) is 6.89. The van der Waals surface area contributed by atoms with Crippen molar-refractivity contribution in [1.29, 1.82) is 0 Å². The van der Waals surface area contributed by atoms with Crippen LogP contribution in [-0.4, -0.2) is 40.7 Å². The molecule has 1 aliphatic carbocycles. The Hall–Kier alpha value is -1.50. The normalized spacial score (nSPS) is 15.2. The molecule has 1 aliphatic rings. The van der Waals surface area contributed by atoms with E-state index in [1.165, 1.54) is 0 Å². The number of hydrogen-bond acceptors (Lipinski definition) is 5. The zero-order valence-electron chi connectivity index (χ0n) is 11.5. The lowest BCUT2D eigenvalue weighted by molar-refractivity contribution is -0.0373. The first kappa shape index (κ1) is 14.9. The summed E-state index contributed by atoms with van der Waals surface area (Å²) in [5, 5.41) is 14.3. The van der Waals surface area contributed by atoms with Crippen LogP contribution in [0.2, 0.25) is 0 Å². The lowest BCUT2D eigenvalue weighted by Crippen LogP contribution is -2.31. The van der Waals surface area contributed by atoms with Crippen molar-refractivity contribution >= 4 is 11.6 Å². The summed E-state index contributed by atoms with van der Waals surface area (Å²) in [6.07, 6.45) is 3.04. The van der Waals surface area contributed by atoms with Crippen LogP contribution in [0.4, 0.5) is 20.4 Å². The lowest BCUT2D eigenvalue weighted by atomic mass is 10.3. The first-order chi connectivity index (χ1) is 9.54. The third-order valence-electron chi connectivity index (χ3n) is 3.00. The Morgan fingerprint density at radius 1 is 1.30 bits per heavy atom. The van der Waals surface area contributed by atoms with Crippen LogP contribution in [0, 0.1) is 0 Å². The van der Waals surface area contributed by atoms with Gasteiger partial charge in [-0.25, -0.2) is 18.7 Å². The molecule has 5 nitrogen and oxygen atoms in total. The molecule has 1 fully saturated rings. The molecule has 7 heteroatoms. The van der Waals surface area contributed by atoms with Crippen molar-refractivity contribution in [1.82, 2.24) is 9.97 Å². The highest BCUT2D eigenvalue weighted by Crippen LogP contribution is 2.38. The zero-order chi connectivity index (χ0) is 14.6. The van der Waals surface area contributed by atoms with Gasteiger partial charge in [-0.15, -0.1) is 0 Å². The largest absolute Gasteiger partial charge is 0.390 e. The van der Waals surface area contributed by atoms with Crippen LogP contribution in [0.5, 0.6) is 0 Å². The van der Waals surface area contributed by atoms with Crippen molar-refractivity contribution in [2.24, 2.45) is 0 Å². The van der Waals surface area contributed by atoms with Gasteiger partial charge in [0.25, 0.3) is 5.92 Å². The van der Waals surface area contributed by atoms with Crippen LogP contribution in [0.25, 0.3) is 0 Å². The molecule has 1 aromatic heterocycles. The summed E-state index contributed by atoms with van der Waals surface area (Å²) in [5.74, 6) is -1.09. The Balaban J connectivity index is 2.08. The molecule has 0 aliphatic heterocycles. The number of nitrogens with zero attached hydrogens (tertiary/aromatic N) is 2. The van der Waals surface area contributed by atoms with E-state index in [-0.39, 0.29) is 0 Å². The summed E-state index contributed by atoms with van der Waals surface area (Å²) in [5.41, 5.74) is 0. The summed E-state index contributed by atoms with van der Waals surface area (Å²) in [7, 11) is 0. The fraction of sp³-hybridized carbons (Fsp3) is 0.692. The molecule has 1 heterocycles. The Bertz CT molecular complexity index is 452. The quantitative estimate of drug-likeness (QED) is 0.683. The second-order valence-electron chi connectivity index (χ2n) is 5.07. The Morgan fingerprint density at radius 2 is 1.95 bits per heavy atom. The number of aliphatic hydroxyl groups is 1. The van der Waals surface area contributed by atoms with Gasteiger partial charge in [-0.05, 0) is 19.3 Å². The van der Waals surface area contributed by atoms with E-state index in [0.29, 0.717) is 23.4 Å². The number of nitrogens with one attached hydrogen (secondary N) is 2. The zero-order valence-corrected chi connectivity index (χ0v) is 11.5. The van der Waals surface area contributed by atoms with E-state index in [1.807, 2.05) is 6.92 Å². The molecule has 0 bridgehead atoms. The summed E-state index contributed by atoms with van der Waals surface area (Å²) < 4.78 is 26.1. The molecule has 0 unspecified atom stereocenters. The highest BCUT2D eigenvalue weighted by molar-refractivity contribution is 5.48. The average Bonchev–Trinajstić information content (AvgIpc) is 3.27. The lowest BCUT2D eigenvalue weighted by Gasteiger charge is -2.15. The molecule has 3 N–H and O–H groups in total. The van der Waals surface area contributed by atoms with Crippen molar-refractivity contribution in [2.75, 3.05) is 30.3 Å². The summed E-state index contributed by atoms with van der Waals surface area (Å²) in [6, 6.07) is 1.62. The van der Waals surface area contributed by atoms with E-state index in [1.54, 1.807) is 6.07 Å². The van der Waals surface area contributed by atoms with Gasteiger partial charge in [0.05, 0.1) is 6.54 Å². The Morgan fingerprint density at radius 3 is 2.50 bits per heavy atom. The molecule has 0 atom stereocenters. The number of rotatable bonds is 8. The second kappa shape index (κ2) is 6.30. The van der Waals surface area contributed by atoms with Crippen LogP contribution >= 0.6 is 0 Å². The minimum Gasteiger partial charge on any atom is -0.390 e. The highest BCUT2D eigenvalue weighted by Gasteiger charge is 2.29. The van der Waals surface area contributed by atoms with Crippen molar-refractivity contribution < 1.29 is 13.9 Å². The number of anilines is 2. The van der Waals surface area contributed by atoms with E-state index in [4.69, 9.17) is 5.11 Å². The Labute approximate surface area is 116 Å². The van der Waals surface area contributed by atoms with Crippen LogP contribution in [0.3, 0.4) is 0 Å². The molecule has 0 saturated heterocycles. The molecule has 2 rings (SSSR count). The Kier molecular flexibility index (Phi) is 4.69. The number of alkyl halides is 2. The van der Waals surface area contributed by atoms with E-state index in [0.717, 1.165) is 25.8 Å². The fourth-order valence-corrected chi connectivity index (χ4v) is 1.70. The van der Waals surface area contributed by atoms with Crippen molar-refractivity contribution in [3.05, 3.63) is 11.9 Å². The van der Waals surface area contributed by atoms with Crippen molar-refractivity contribution in [2.45, 2.75) is 38.0 Å². The molecule has 0 aromatic carbocycles. The minimum atomic E-state index is -3.15. The van der Waals surface area contributed by atoms with Gasteiger partial charge in [-0.1, -0.05) is 6.92 Å². The molecular weight excluding hydrogens is 266 g/mol. The third-order valence-corrected chi connectivity index (χ3v) is 3.00. The van der Waals surface area contributed by atoms with Gasteiger partial charge in [-0.3, -0.25) is 0 Å². The maximum Gasteiger partial charge on any atom is 0.287 e. The standard InChI is InChI=1S/C13H20F2N4O/c1-2-5-16-10-6-11(17-7-13(14,15)8-20)19-12(18-10)9-3-4-9/h6,9,20H,2-5,7-8H2,1H3,(H2,16,17,18,19). The predicted molar refractivity (Wildman–Crippen MR) is 73.3 cm³/mol. The number of aliphatic hydroxyl groups excluding tert-OH is 1. The summed E-state index contributed by atoms with van der Waals surface area (Å²) >= 11 is 0. The topological polar surface area (TPSA) is 70.1 Å². The molecule has 0 radical (unpaired) electrons. The maximum absolute atomic E-state index is 13.0. The number of halogens is 2. The monoisotopic (exact) mass is 286 g/mol. The van der Waals surface area contributed by atoms with Gasteiger partial charge >= 0.3 is 0 Å². The molecule has 1 saturated carbocycles. The fourth-order valence-electron chi connectivity index (χ4n) is 1.70. The van der Waals surface area contributed by atoms with E-state index >= 15 is 0 Å². The van der Waals surface area contributed by atoms with Crippen LogP contribution < -0.4 is 10.6 Å². The van der Waals surface area contributed by atoms with Gasteiger partial charge in [0.1, 0.15) is 24.1 Å². The van der Waals surface area contributed by atoms with Gasteiger partial charge in [0.15, 0.2) is 0 Å². The van der Waals surface area contributed by atoms with Crippen molar-refractivity contribution in [3.8, 4) is 0 Å². The minimum absolute atomic E-state index is 0.345. The van der Waals surface area contributed by atoms with Gasteiger partial charge in [0.2, 0.25) is 0 Å². The maximum atomic E-state index is 13.0. The molecule has 112 valence electrons. The SMILES string of the molecule is CCCNc1cc(NCC(F)(F)CO)nc(C2CC2)n1. The van der Waals surface area contributed by atoms with Crippen LogP contribution in [-0.2, 0) is 0 Å². The van der Waals surface area contributed by atoms with Gasteiger partial charge < -0.3 is 15.7 Å². The summed E-state index contributed by atoms with van der Waals surface area (Å²) in [4.78, 5) is 8.66. The molecule has 0 amide bonds. The second-order valence-corrected chi connectivity index (χ2v) is 5.07. The highest BCUT2D eigenvalue weighted by atomic mass is 19.3. The third kappa shape index (κ3) is 4.26. The molecule has 1 aromatic rings. The molecule has 20 heavy (non-hydrogen) atoms. The predicted octanol–water partition coefficient (Wildman–Crippen LogP) is 2.22. The molecular formula is C13H20F2N4O. The van der Waals surface area contributed by atoms with Gasteiger partial charge in [-0.2, -0.15) is 0 Å². The number of aromatic nitrogens is 2. The summed E-state index contributed by atoms with van der Waals surface area (Å²) in [6.45, 7) is 0.990. The number of hydrogen-bond donors (Lipinski definition) is 3. The van der Waals surface area contributed by atoms with Crippen molar-refractivity contribution in [3.63, 3.8) is 0 Å². The average molecular weight is 286 g/mol. The van der Waals surface area contributed by atoms with E-state index in [9.17, 15) is 8.78 Å².